The van der Waals surface area contributed by atoms with E-state index in [1.165, 1.54) is 0 Å². The van der Waals surface area contributed by atoms with Crippen LogP contribution in [0.3, 0.4) is 0 Å². The van der Waals surface area contributed by atoms with Gasteiger partial charge < -0.3 is 9.88 Å². The number of hydrogen-bond acceptors (Lipinski definition) is 2. The first-order valence-electron chi connectivity index (χ1n) is 4.28. The number of nitrogens with zero attached hydrogens (tertiary/aromatic N) is 1. The molecule has 0 aliphatic carbocycles. The highest BCUT2D eigenvalue weighted by molar-refractivity contribution is 6.07. The fourth-order valence-electron chi connectivity index (χ4n) is 1.55. The van der Waals surface area contributed by atoms with E-state index < -0.39 is 11.6 Å². The Bertz CT molecular complexity index is 410. The van der Waals surface area contributed by atoms with Gasteiger partial charge in [0.2, 0.25) is 0 Å². The van der Waals surface area contributed by atoms with Crippen LogP contribution < -0.4 is 10.6 Å². The molecule has 1 aliphatic rings. The molecule has 0 aromatic carbocycles. The molecule has 0 bridgehead atoms. The quantitative estimate of drug-likeness (QED) is 0.620. The molecule has 1 atom stereocenters. The van der Waals surface area contributed by atoms with Crippen LogP contribution >= 0.6 is 0 Å². The predicted octanol–water partition coefficient (Wildman–Crippen LogP) is 0.0797. The molecule has 5 heteroatoms. The molecule has 3 amide bonds. The minimum Gasteiger partial charge on any atom is -0.357 e. The number of imide groups is 1. The highest BCUT2D eigenvalue weighted by Gasteiger charge is 2.43. The molecule has 0 radical (unpaired) electrons. The van der Waals surface area contributed by atoms with Crippen LogP contribution in [0.1, 0.15) is 12.5 Å². The second kappa shape index (κ2) is 2.60. The van der Waals surface area contributed by atoms with E-state index in [1.807, 2.05) is 30.1 Å². The number of nitrogens with one attached hydrogen (secondary N) is 2. The molecule has 2 heterocycles. The summed E-state index contributed by atoms with van der Waals surface area (Å²) in [5.74, 6) is -0.311. The van der Waals surface area contributed by atoms with Crippen molar-refractivity contribution in [2.24, 2.45) is 7.05 Å². The Morgan fingerprint density at radius 2 is 2.14 bits per heavy atom. The summed E-state index contributed by atoms with van der Waals surface area (Å²) in [6.07, 6.45) is 3.64. The van der Waals surface area contributed by atoms with Gasteiger partial charge in [0.1, 0.15) is 5.54 Å². The predicted molar refractivity (Wildman–Crippen MR) is 49.4 cm³/mol. The summed E-state index contributed by atoms with van der Waals surface area (Å²) < 4.78 is 1.83. The van der Waals surface area contributed by atoms with Gasteiger partial charge in [-0.3, -0.25) is 10.1 Å². The number of carbonyl (C=O) groups excluding carboxylic acids is 2. The Morgan fingerprint density at radius 3 is 2.57 bits per heavy atom. The maximum absolute atomic E-state index is 11.5. The van der Waals surface area contributed by atoms with E-state index in [-0.39, 0.29) is 5.91 Å². The van der Waals surface area contributed by atoms with Crippen LogP contribution in [0.4, 0.5) is 4.79 Å². The van der Waals surface area contributed by atoms with Crippen molar-refractivity contribution >= 4 is 11.9 Å². The number of carbonyl (C=O) groups is 2. The molecule has 2 N–H and O–H groups in total. The first-order chi connectivity index (χ1) is 6.52. The summed E-state index contributed by atoms with van der Waals surface area (Å²) >= 11 is 0. The third-order valence-electron chi connectivity index (χ3n) is 2.45. The lowest BCUT2D eigenvalue weighted by atomic mass is 9.95. The van der Waals surface area contributed by atoms with Crippen LogP contribution in [0.25, 0.3) is 0 Å². The first kappa shape index (κ1) is 8.80. The molecule has 0 spiro atoms. The van der Waals surface area contributed by atoms with Crippen molar-refractivity contribution in [3.05, 3.63) is 24.0 Å². The maximum Gasteiger partial charge on any atom is 0.322 e. The molecule has 5 nitrogen and oxygen atoms in total. The Morgan fingerprint density at radius 1 is 1.43 bits per heavy atom. The van der Waals surface area contributed by atoms with Crippen LogP contribution in [0, 0.1) is 0 Å². The minimum atomic E-state index is -0.932. The van der Waals surface area contributed by atoms with E-state index in [0.717, 1.165) is 5.56 Å². The molecule has 1 aromatic heterocycles. The lowest BCUT2D eigenvalue weighted by Gasteiger charge is -2.18. The summed E-state index contributed by atoms with van der Waals surface area (Å²) in [7, 11) is 1.86. The van der Waals surface area contributed by atoms with Gasteiger partial charge in [-0.15, -0.1) is 0 Å². The van der Waals surface area contributed by atoms with Crippen LogP contribution in [0.15, 0.2) is 18.5 Å². The van der Waals surface area contributed by atoms with Crippen molar-refractivity contribution in [3.63, 3.8) is 0 Å². The van der Waals surface area contributed by atoms with Gasteiger partial charge in [0, 0.05) is 25.0 Å². The third kappa shape index (κ3) is 1.09. The van der Waals surface area contributed by atoms with Crippen LogP contribution in [0.5, 0.6) is 0 Å². The summed E-state index contributed by atoms with van der Waals surface area (Å²) in [5, 5.41) is 4.81. The van der Waals surface area contributed by atoms with Gasteiger partial charge in [-0.1, -0.05) is 0 Å². The van der Waals surface area contributed by atoms with E-state index in [0.29, 0.717) is 0 Å². The molecule has 0 saturated carbocycles. The zero-order chi connectivity index (χ0) is 10.3. The topological polar surface area (TPSA) is 63.1 Å². The van der Waals surface area contributed by atoms with Gasteiger partial charge in [0.15, 0.2) is 0 Å². The van der Waals surface area contributed by atoms with Gasteiger partial charge in [0.05, 0.1) is 0 Å². The third-order valence-corrected chi connectivity index (χ3v) is 2.45. The number of hydrogen-bond donors (Lipinski definition) is 2. The van der Waals surface area contributed by atoms with E-state index in [4.69, 9.17) is 0 Å². The second-order valence-corrected chi connectivity index (χ2v) is 3.60. The van der Waals surface area contributed by atoms with Gasteiger partial charge in [0.25, 0.3) is 5.91 Å². The van der Waals surface area contributed by atoms with Crippen molar-refractivity contribution < 1.29 is 9.59 Å². The molecule has 74 valence electrons. The number of aryl methyl sites for hydroxylation is 1. The van der Waals surface area contributed by atoms with Crippen LogP contribution in [-0.2, 0) is 17.4 Å². The monoisotopic (exact) mass is 193 g/mol. The molecule has 1 fully saturated rings. The highest BCUT2D eigenvalue weighted by atomic mass is 16.2. The average Bonchev–Trinajstić information content (AvgIpc) is 2.59. The first-order valence-corrected chi connectivity index (χ1v) is 4.28. The molecular formula is C9H11N3O2. The molecule has 2 rings (SSSR count). The highest BCUT2D eigenvalue weighted by Crippen LogP contribution is 2.23. The Balaban J connectivity index is 2.42. The molecular weight excluding hydrogens is 182 g/mol. The van der Waals surface area contributed by atoms with Crippen molar-refractivity contribution in [1.29, 1.82) is 0 Å². The van der Waals surface area contributed by atoms with Crippen molar-refractivity contribution in [3.8, 4) is 0 Å². The number of amides is 3. The van der Waals surface area contributed by atoms with Crippen molar-refractivity contribution in [1.82, 2.24) is 15.2 Å². The van der Waals surface area contributed by atoms with Crippen LogP contribution in [0.2, 0.25) is 0 Å². The molecule has 1 saturated heterocycles. The lowest BCUT2D eigenvalue weighted by molar-refractivity contribution is -0.123. The largest absolute Gasteiger partial charge is 0.357 e. The van der Waals surface area contributed by atoms with Crippen molar-refractivity contribution in [2.45, 2.75) is 12.5 Å². The lowest BCUT2D eigenvalue weighted by Crippen LogP contribution is -2.40. The standard InChI is InChI=1S/C9H11N3O2/c1-9(6-3-4-12(2)5-6)7(13)10-8(14)11-9/h3-5H,1-2H3,(H2,10,11,13,14). The normalized spacial score (nSPS) is 26.1. The molecule has 1 unspecified atom stereocenters. The van der Waals surface area contributed by atoms with Crippen molar-refractivity contribution in [2.75, 3.05) is 0 Å². The van der Waals surface area contributed by atoms with Crippen LogP contribution in [-0.4, -0.2) is 16.5 Å². The fourth-order valence-corrected chi connectivity index (χ4v) is 1.55. The van der Waals surface area contributed by atoms with Gasteiger partial charge in [-0.05, 0) is 13.0 Å². The zero-order valence-corrected chi connectivity index (χ0v) is 8.00. The Hall–Kier alpha value is -1.78. The van der Waals surface area contributed by atoms with Gasteiger partial charge in [-0.2, -0.15) is 0 Å². The number of rotatable bonds is 1. The summed E-state index contributed by atoms with van der Waals surface area (Å²) in [6, 6.07) is 1.37. The summed E-state index contributed by atoms with van der Waals surface area (Å²) in [5.41, 5.74) is -0.151. The summed E-state index contributed by atoms with van der Waals surface area (Å²) in [6.45, 7) is 1.68. The fraction of sp³-hybridized carbons (Fsp3) is 0.333. The summed E-state index contributed by atoms with van der Waals surface area (Å²) in [4.78, 5) is 22.5. The van der Waals surface area contributed by atoms with E-state index >= 15 is 0 Å². The van der Waals surface area contributed by atoms with Gasteiger partial charge in [-0.25, -0.2) is 4.79 Å². The second-order valence-electron chi connectivity index (χ2n) is 3.60. The molecule has 1 aliphatic heterocycles. The Labute approximate surface area is 81.1 Å². The van der Waals surface area contributed by atoms with E-state index in [2.05, 4.69) is 10.6 Å². The Kier molecular flexibility index (Phi) is 1.64. The van der Waals surface area contributed by atoms with Gasteiger partial charge >= 0.3 is 6.03 Å². The number of urea groups is 1. The van der Waals surface area contributed by atoms with E-state index in [9.17, 15) is 9.59 Å². The minimum absolute atomic E-state index is 0.311. The maximum atomic E-state index is 11.5. The molecule has 1 aromatic rings. The number of aromatic nitrogens is 1. The smallest absolute Gasteiger partial charge is 0.322 e. The van der Waals surface area contributed by atoms with E-state index in [1.54, 1.807) is 6.92 Å². The SMILES string of the molecule is Cn1ccc(C2(C)NC(=O)NC2=O)c1. The average molecular weight is 193 g/mol. The zero-order valence-electron chi connectivity index (χ0n) is 8.00. The molecule has 14 heavy (non-hydrogen) atoms.